The molecule has 0 aliphatic carbocycles. The largest absolute Gasteiger partial charge is 0.480 e. The van der Waals surface area contributed by atoms with Crippen molar-refractivity contribution in [3.8, 4) is 0 Å². The Morgan fingerprint density at radius 1 is 1.33 bits per heavy atom. The van der Waals surface area contributed by atoms with Crippen molar-refractivity contribution in [2.75, 3.05) is 13.1 Å². The predicted molar refractivity (Wildman–Crippen MR) is 80.4 cm³/mol. The van der Waals surface area contributed by atoms with Crippen LogP contribution in [0.25, 0.3) is 0 Å². The zero-order chi connectivity index (χ0) is 16.0. The molecule has 0 atom stereocenters. The third-order valence-corrected chi connectivity index (χ3v) is 3.54. The Bertz CT molecular complexity index is 492. The second kappa shape index (κ2) is 7.81. The first-order valence-electron chi connectivity index (χ1n) is 7.51. The summed E-state index contributed by atoms with van der Waals surface area (Å²) in [6.45, 7) is 8.14. The number of hydrogen-bond donors (Lipinski definition) is 1. The van der Waals surface area contributed by atoms with Crippen LogP contribution in [0.2, 0.25) is 0 Å². The van der Waals surface area contributed by atoms with Crippen molar-refractivity contribution in [2.24, 2.45) is 0 Å². The van der Waals surface area contributed by atoms with E-state index in [9.17, 15) is 9.59 Å². The van der Waals surface area contributed by atoms with Crippen LogP contribution in [-0.4, -0.2) is 44.8 Å². The van der Waals surface area contributed by atoms with Crippen LogP contribution in [0.1, 0.15) is 62.3 Å². The minimum absolute atomic E-state index is 0.269. The molecule has 1 aromatic heterocycles. The van der Waals surface area contributed by atoms with Crippen LogP contribution < -0.4 is 0 Å². The summed E-state index contributed by atoms with van der Waals surface area (Å²) in [5.41, 5.74) is 1.26. The van der Waals surface area contributed by atoms with Gasteiger partial charge in [-0.15, -0.1) is 0 Å². The molecule has 0 bridgehead atoms. The molecule has 0 radical (unpaired) electrons. The second-order valence-electron chi connectivity index (χ2n) is 5.21. The molecular formula is C15H25N3O3. The van der Waals surface area contributed by atoms with Crippen LogP contribution in [0.3, 0.4) is 0 Å². The normalized spacial score (nSPS) is 10.9. The lowest BCUT2D eigenvalue weighted by molar-refractivity contribution is -0.137. The van der Waals surface area contributed by atoms with Gasteiger partial charge in [0.25, 0.3) is 5.91 Å². The van der Waals surface area contributed by atoms with E-state index in [4.69, 9.17) is 5.11 Å². The molecular weight excluding hydrogens is 270 g/mol. The van der Waals surface area contributed by atoms with Crippen molar-refractivity contribution >= 4 is 11.9 Å². The highest BCUT2D eigenvalue weighted by atomic mass is 16.4. The number of carboxylic acids is 1. The van der Waals surface area contributed by atoms with Crippen molar-refractivity contribution in [1.29, 1.82) is 0 Å². The Kier molecular flexibility index (Phi) is 6.39. The van der Waals surface area contributed by atoms with E-state index in [0.717, 1.165) is 18.5 Å². The molecule has 1 heterocycles. The number of hydrogen-bond acceptors (Lipinski definition) is 3. The summed E-state index contributed by atoms with van der Waals surface area (Å²) < 4.78 is 1.87. The van der Waals surface area contributed by atoms with Gasteiger partial charge in [0.2, 0.25) is 0 Å². The van der Waals surface area contributed by atoms with Crippen LogP contribution >= 0.6 is 0 Å². The molecule has 0 spiro atoms. The monoisotopic (exact) mass is 295 g/mol. The Hall–Kier alpha value is -1.85. The predicted octanol–water partition coefficient (Wildman–Crippen LogP) is 2.49. The lowest BCUT2D eigenvalue weighted by atomic mass is 10.2. The van der Waals surface area contributed by atoms with Gasteiger partial charge in [-0.05, 0) is 32.3 Å². The van der Waals surface area contributed by atoms with Gasteiger partial charge in [0.05, 0.1) is 6.04 Å². The molecule has 0 aromatic carbocycles. The van der Waals surface area contributed by atoms with E-state index in [2.05, 4.69) is 18.9 Å². The van der Waals surface area contributed by atoms with E-state index in [1.165, 1.54) is 4.90 Å². The van der Waals surface area contributed by atoms with Gasteiger partial charge in [-0.3, -0.25) is 14.3 Å². The quantitative estimate of drug-likeness (QED) is 0.799. The zero-order valence-electron chi connectivity index (χ0n) is 13.3. The average molecular weight is 295 g/mol. The molecule has 0 aliphatic rings. The fourth-order valence-electron chi connectivity index (χ4n) is 2.44. The summed E-state index contributed by atoms with van der Waals surface area (Å²) in [6, 6.07) is 2.01. The van der Waals surface area contributed by atoms with E-state index in [0.29, 0.717) is 18.7 Å². The number of amides is 1. The van der Waals surface area contributed by atoms with E-state index in [1.807, 2.05) is 18.5 Å². The highest BCUT2D eigenvalue weighted by molar-refractivity contribution is 5.94. The number of carbonyl (C=O) groups excluding carboxylic acids is 1. The smallest absolute Gasteiger partial charge is 0.323 e. The molecule has 1 rings (SSSR count). The Balaban J connectivity index is 3.00. The fourth-order valence-corrected chi connectivity index (χ4v) is 2.44. The third kappa shape index (κ3) is 4.31. The summed E-state index contributed by atoms with van der Waals surface area (Å²) in [5, 5.41) is 13.3. The molecule has 1 N–H and O–H groups in total. The molecule has 1 aromatic rings. The third-order valence-electron chi connectivity index (χ3n) is 3.54. The first kappa shape index (κ1) is 17.2. The molecule has 0 saturated carbocycles. The van der Waals surface area contributed by atoms with Gasteiger partial charge in [-0.1, -0.05) is 20.8 Å². The van der Waals surface area contributed by atoms with Gasteiger partial charge in [0.1, 0.15) is 6.54 Å². The molecule has 118 valence electrons. The van der Waals surface area contributed by atoms with Crippen molar-refractivity contribution in [3.05, 3.63) is 17.5 Å². The number of aliphatic carboxylic acids is 1. The summed E-state index contributed by atoms with van der Waals surface area (Å²) in [6.07, 6.45) is 2.60. The number of rotatable bonds is 8. The van der Waals surface area contributed by atoms with E-state index in [-0.39, 0.29) is 18.5 Å². The fraction of sp³-hybridized carbons (Fsp3) is 0.667. The minimum Gasteiger partial charge on any atom is -0.480 e. The maximum atomic E-state index is 12.4. The van der Waals surface area contributed by atoms with Crippen LogP contribution in [0.4, 0.5) is 0 Å². The van der Waals surface area contributed by atoms with Gasteiger partial charge in [-0.25, -0.2) is 0 Å². The maximum absolute atomic E-state index is 12.4. The van der Waals surface area contributed by atoms with Gasteiger partial charge in [0, 0.05) is 12.2 Å². The lowest BCUT2D eigenvalue weighted by Crippen LogP contribution is -2.36. The average Bonchev–Trinajstić information content (AvgIpc) is 2.81. The van der Waals surface area contributed by atoms with Crippen LogP contribution in [0.15, 0.2) is 6.07 Å². The van der Waals surface area contributed by atoms with E-state index >= 15 is 0 Å². The molecule has 0 aliphatic heterocycles. The standard InChI is InChI=1S/C15H25N3O3/c1-5-8-17(10-14(19)20)15(21)13-9-11(4)18(16-13)12(6-2)7-3/h9,12H,5-8,10H2,1-4H3,(H,19,20). The van der Waals surface area contributed by atoms with Crippen LogP contribution in [0, 0.1) is 6.92 Å². The molecule has 0 fully saturated rings. The molecule has 6 heteroatoms. The van der Waals surface area contributed by atoms with Crippen molar-refractivity contribution in [1.82, 2.24) is 14.7 Å². The van der Waals surface area contributed by atoms with Crippen molar-refractivity contribution < 1.29 is 14.7 Å². The number of carbonyl (C=O) groups is 2. The lowest BCUT2D eigenvalue weighted by Gasteiger charge is -2.19. The van der Waals surface area contributed by atoms with Gasteiger partial charge >= 0.3 is 5.97 Å². The number of aromatic nitrogens is 2. The van der Waals surface area contributed by atoms with Crippen molar-refractivity contribution in [3.63, 3.8) is 0 Å². The number of nitrogens with zero attached hydrogens (tertiary/aromatic N) is 3. The second-order valence-corrected chi connectivity index (χ2v) is 5.21. The summed E-state index contributed by atoms with van der Waals surface area (Å²) >= 11 is 0. The molecule has 0 unspecified atom stereocenters. The summed E-state index contributed by atoms with van der Waals surface area (Å²) in [5.74, 6) is -1.32. The van der Waals surface area contributed by atoms with E-state index in [1.54, 1.807) is 6.07 Å². The van der Waals surface area contributed by atoms with Gasteiger partial charge < -0.3 is 10.0 Å². The Morgan fingerprint density at radius 2 is 1.95 bits per heavy atom. The first-order chi connectivity index (χ1) is 9.94. The summed E-state index contributed by atoms with van der Waals surface area (Å²) in [4.78, 5) is 24.6. The number of carboxylic acid groups (broad SMARTS) is 1. The number of aryl methyl sites for hydroxylation is 1. The van der Waals surface area contributed by atoms with Crippen molar-refractivity contribution in [2.45, 2.75) is 53.0 Å². The van der Waals surface area contributed by atoms with E-state index < -0.39 is 5.97 Å². The maximum Gasteiger partial charge on any atom is 0.323 e. The Morgan fingerprint density at radius 3 is 2.43 bits per heavy atom. The highest BCUT2D eigenvalue weighted by Gasteiger charge is 2.22. The Labute approximate surface area is 125 Å². The molecule has 0 saturated heterocycles. The van der Waals surface area contributed by atoms with Gasteiger partial charge in [0.15, 0.2) is 5.69 Å². The SMILES string of the molecule is CCCN(CC(=O)O)C(=O)c1cc(C)n(C(CC)CC)n1. The van der Waals surface area contributed by atoms with Crippen LogP contribution in [-0.2, 0) is 4.79 Å². The van der Waals surface area contributed by atoms with Gasteiger partial charge in [-0.2, -0.15) is 5.10 Å². The first-order valence-corrected chi connectivity index (χ1v) is 7.51. The highest BCUT2D eigenvalue weighted by Crippen LogP contribution is 2.18. The molecule has 1 amide bonds. The molecule has 6 nitrogen and oxygen atoms in total. The zero-order valence-corrected chi connectivity index (χ0v) is 13.3. The van der Waals surface area contributed by atoms with Crippen LogP contribution in [0.5, 0.6) is 0 Å². The molecule has 21 heavy (non-hydrogen) atoms. The minimum atomic E-state index is -1.01. The topological polar surface area (TPSA) is 75.4 Å². The summed E-state index contributed by atoms with van der Waals surface area (Å²) in [7, 11) is 0.